The monoisotopic (exact) mass is 289 g/mol. The maximum absolute atomic E-state index is 11.4. The third-order valence-corrected chi connectivity index (χ3v) is 2.98. The van der Waals surface area contributed by atoms with Crippen molar-refractivity contribution in [1.29, 1.82) is 0 Å². The molecule has 1 aromatic heterocycles. The lowest BCUT2D eigenvalue weighted by atomic mass is 9.90. The number of hydrogen-bond acceptors (Lipinski definition) is 4. The first-order valence-corrected chi connectivity index (χ1v) is 6.78. The van der Waals surface area contributed by atoms with Crippen LogP contribution in [0, 0.1) is 0 Å². The molecule has 0 saturated heterocycles. The number of rotatable bonds is 4. The minimum Gasteiger partial charge on any atom is -0.492 e. The van der Waals surface area contributed by atoms with Gasteiger partial charge in [0.1, 0.15) is 11.4 Å². The van der Waals surface area contributed by atoms with Gasteiger partial charge in [0, 0.05) is 5.41 Å². The van der Waals surface area contributed by atoms with E-state index in [1.807, 2.05) is 52.0 Å². The summed E-state index contributed by atoms with van der Waals surface area (Å²) in [6.45, 7) is 8.20. The van der Waals surface area contributed by atoms with Crippen LogP contribution < -0.4 is 4.74 Å². The number of aromatic carboxylic acids is 1. The first kappa shape index (κ1) is 15.0. The number of hydrogen-bond donors (Lipinski definition) is 1. The summed E-state index contributed by atoms with van der Waals surface area (Å²) < 4.78 is 7.14. The predicted molar refractivity (Wildman–Crippen MR) is 78.2 cm³/mol. The first-order valence-electron chi connectivity index (χ1n) is 6.78. The van der Waals surface area contributed by atoms with Crippen molar-refractivity contribution in [3.63, 3.8) is 0 Å². The molecule has 0 fully saturated rings. The average molecular weight is 289 g/mol. The number of carboxylic acid groups (broad SMARTS) is 1. The van der Waals surface area contributed by atoms with Crippen LogP contribution in [-0.2, 0) is 5.41 Å². The minimum absolute atomic E-state index is 0.0335. The van der Waals surface area contributed by atoms with Crippen LogP contribution in [0.25, 0.3) is 5.69 Å². The summed E-state index contributed by atoms with van der Waals surface area (Å²) in [7, 11) is 0. The molecule has 0 aliphatic rings. The number of nitrogens with zero attached hydrogens (tertiary/aromatic N) is 3. The van der Waals surface area contributed by atoms with Crippen LogP contribution in [0.2, 0.25) is 0 Å². The second kappa shape index (κ2) is 5.55. The van der Waals surface area contributed by atoms with Gasteiger partial charge in [-0.3, -0.25) is 0 Å². The fourth-order valence-electron chi connectivity index (χ4n) is 2.18. The second-order valence-corrected chi connectivity index (χ2v) is 5.65. The topological polar surface area (TPSA) is 77.2 Å². The predicted octanol–water partition coefficient (Wildman–Crippen LogP) is 2.66. The Balaban J connectivity index is 2.68. The van der Waals surface area contributed by atoms with E-state index in [0.29, 0.717) is 23.7 Å². The van der Waals surface area contributed by atoms with Gasteiger partial charge in [-0.05, 0) is 19.1 Å². The third-order valence-electron chi connectivity index (χ3n) is 2.98. The van der Waals surface area contributed by atoms with Gasteiger partial charge in [0.25, 0.3) is 0 Å². The van der Waals surface area contributed by atoms with Gasteiger partial charge in [-0.15, -0.1) is 5.10 Å². The Kier molecular flexibility index (Phi) is 3.97. The average Bonchev–Trinajstić information content (AvgIpc) is 2.84. The van der Waals surface area contributed by atoms with Crippen LogP contribution in [0.4, 0.5) is 0 Å². The fraction of sp³-hybridized carbons (Fsp3) is 0.400. The van der Waals surface area contributed by atoms with Crippen LogP contribution in [0.15, 0.2) is 24.3 Å². The van der Waals surface area contributed by atoms with Crippen molar-refractivity contribution in [3.05, 3.63) is 35.7 Å². The van der Waals surface area contributed by atoms with Crippen LogP contribution in [0.5, 0.6) is 5.75 Å². The van der Waals surface area contributed by atoms with E-state index in [9.17, 15) is 9.90 Å². The van der Waals surface area contributed by atoms with Crippen molar-refractivity contribution in [2.45, 2.75) is 33.1 Å². The number of ether oxygens (including phenoxy) is 1. The van der Waals surface area contributed by atoms with Gasteiger partial charge in [-0.2, -0.15) is 0 Å². The van der Waals surface area contributed by atoms with E-state index in [4.69, 9.17) is 4.74 Å². The summed E-state index contributed by atoms with van der Waals surface area (Å²) in [5.74, 6) is -0.438. The summed E-state index contributed by atoms with van der Waals surface area (Å²) >= 11 is 0. The highest BCUT2D eigenvalue weighted by Crippen LogP contribution is 2.30. The van der Waals surface area contributed by atoms with Crippen molar-refractivity contribution >= 4 is 5.97 Å². The molecule has 0 atom stereocenters. The highest BCUT2D eigenvalue weighted by Gasteiger charge is 2.30. The Bertz CT molecular complexity index is 656. The van der Waals surface area contributed by atoms with Gasteiger partial charge in [0.05, 0.1) is 12.3 Å². The molecule has 0 spiro atoms. The molecule has 0 bridgehead atoms. The zero-order chi connectivity index (χ0) is 15.6. The number of carboxylic acids is 1. The first-order chi connectivity index (χ1) is 9.86. The number of carbonyl (C=O) groups is 1. The molecule has 112 valence electrons. The minimum atomic E-state index is -1.08. The molecular formula is C15H19N3O3. The fourth-order valence-corrected chi connectivity index (χ4v) is 2.18. The molecule has 0 amide bonds. The van der Waals surface area contributed by atoms with Crippen molar-refractivity contribution in [2.24, 2.45) is 0 Å². The lowest BCUT2D eigenvalue weighted by molar-refractivity contribution is 0.0687. The number of benzene rings is 1. The van der Waals surface area contributed by atoms with Crippen molar-refractivity contribution < 1.29 is 14.6 Å². The summed E-state index contributed by atoms with van der Waals surface area (Å²) in [5, 5.41) is 17.2. The zero-order valence-corrected chi connectivity index (χ0v) is 12.6. The summed E-state index contributed by atoms with van der Waals surface area (Å²) in [6, 6.07) is 7.38. The molecule has 0 saturated carbocycles. The molecule has 0 unspecified atom stereocenters. The van der Waals surface area contributed by atoms with Gasteiger partial charge in [-0.1, -0.05) is 38.1 Å². The van der Waals surface area contributed by atoms with Crippen molar-refractivity contribution in [3.8, 4) is 11.4 Å². The standard InChI is InChI=1S/C15H19N3O3/c1-5-21-11-9-7-6-8-10(11)18-13(15(2,3)4)12(14(19)20)16-17-18/h6-9H,5H2,1-4H3,(H,19,20). The van der Waals surface area contributed by atoms with Crippen LogP contribution >= 0.6 is 0 Å². The highest BCUT2D eigenvalue weighted by molar-refractivity contribution is 5.87. The van der Waals surface area contributed by atoms with Crippen molar-refractivity contribution in [1.82, 2.24) is 15.0 Å². The van der Waals surface area contributed by atoms with E-state index in [-0.39, 0.29) is 5.69 Å². The largest absolute Gasteiger partial charge is 0.492 e. The summed E-state index contributed by atoms with van der Waals surface area (Å²) in [5.41, 5.74) is 0.775. The Morgan fingerprint density at radius 1 is 1.33 bits per heavy atom. The second-order valence-electron chi connectivity index (χ2n) is 5.65. The number of aromatic nitrogens is 3. The number of para-hydroxylation sites is 2. The van der Waals surface area contributed by atoms with Crippen molar-refractivity contribution in [2.75, 3.05) is 6.61 Å². The summed E-state index contributed by atoms with van der Waals surface area (Å²) in [4.78, 5) is 11.4. The molecule has 6 heteroatoms. The van der Waals surface area contributed by atoms with Gasteiger partial charge in [0.15, 0.2) is 5.69 Å². The molecule has 0 aliphatic carbocycles. The van der Waals surface area contributed by atoms with E-state index in [2.05, 4.69) is 10.3 Å². The smallest absolute Gasteiger partial charge is 0.358 e. The van der Waals surface area contributed by atoms with Gasteiger partial charge in [0.2, 0.25) is 0 Å². The van der Waals surface area contributed by atoms with E-state index < -0.39 is 11.4 Å². The Morgan fingerprint density at radius 3 is 2.57 bits per heavy atom. The quantitative estimate of drug-likeness (QED) is 0.936. The molecule has 2 aromatic rings. The van der Waals surface area contributed by atoms with E-state index in [1.165, 1.54) is 0 Å². The van der Waals surface area contributed by atoms with Gasteiger partial charge < -0.3 is 9.84 Å². The molecule has 21 heavy (non-hydrogen) atoms. The molecule has 0 aliphatic heterocycles. The van der Waals surface area contributed by atoms with E-state index in [1.54, 1.807) is 4.68 Å². The molecule has 1 heterocycles. The normalized spacial score (nSPS) is 11.4. The third kappa shape index (κ3) is 2.89. The maximum Gasteiger partial charge on any atom is 0.358 e. The maximum atomic E-state index is 11.4. The van der Waals surface area contributed by atoms with E-state index in [0.717, 1.165) is 0 Å². The Morgan fingerprint density at radius 2 is 2.00 bits per heavy atom. The molecule has 1 aromatic carbocycles. The van der Waals surface area contributed by atoms with Crippen LogP contribution in [0.1, 0.15) is 43.9 Å². The Labute approximate surface area is 123 Å². The molecule has 2 rings (SSSR count). The Hall–Kier alpha value is -2.37. The van der Waals surface area contributed by atoms with Gasteiger partial charge >= 0.3 is 5.97 Å². The van der Waals surface area contributed by atoms with Crippen LogP contribution in [-0.4, -0.2) is 32.7 Å². The SMILES string of the molecule is CCOc1ccccc1-n1nnc(C(=O)O)c1C(C)(C)C. The lowest BCUT2D eigenvalue weighted by Crippen LogP contribution is -2.21. The molecule has 0 radical (unpaired) electrons. The van der Waals surface area contributed by atoms with Gasteiger partial charge in [-0.25, -0.2) is 9.48 Å². The highest BCUT2D eigenvalue weighted by atomic mass is 16.5. The van der Waals surface area contributed by atoms with E-state index >= 15 is 0 Å². The molecule has 6 nitrogen and oxygen atoms in total. The summed E-state index contributed by atoms with van der Waals surface area (Å²) in [6.07, 6.45) is 0. The lowest BCUT2D eigenvalue weighted by Gasteiger charge is -2.21. The van der Waals surface area contributed by atoms with Crippen LogP contribution in [0.3, 0.4) is 0 Å². The molecule has 1 N–H and O–H groups in total. The zero-order valence-electron chi connectivity index (χ0n) is 12.6. The molecular weight excluding hydrogens is 270 g/mol.